The number of methoxy groups -OCH3 is 1. The molecule has 0 bridgehead atoms. The minimum absolute atomic E-state index is 0.418. The summed E-state index contributed by atoms with van der Waals surface area (Å²) in [5.41, 5.74) is 1.35. The van der Waals surface area contributed by atoms with Gasteiger partial charge in [-0.1, -0.05) is 62.9 Å². The van der Waals surface area contributed by atoms with E-state index in [0.29, 0.717) is 12.0 Å². The van der Waals surface area contributed by atoms with E-state index in [0.717, 1.165) is 13.2 Å². The van der Waals surface area contributed by atoms with Gasteiger partial charge in [0.1, 0.15) is 0 Å². The minimum atomic E-state index is -1.17. The van der Waals surface area contributed by atoms with Crippen molar-refractivity contribution in [1.82, 2.24) is 5.32 Å². The van der Waals surface area contributed by atoms with E-state index in [-0.39, 0.29) is 0 Å². The van der Waals surface area contributed by atoms with Crippen LogP contribution in [0, 0.1) is 5.92 Å². The standard InChI is InChI=1S/C16H29NOSi/c1-13(2)16(12-18-3)17-11-14-7-9-15(10-8-14)19(4,5)6/h7-10,13,16-17H,11-12H2,1-6H3. The second-order valence-electron chi connectivity index (χ2n) is 6.63. The Kier molecular flexibility index (Phi) is 6.24. The maximum atomic E-state index is 5.26. The van der Waals surface area contributed by atoms with Crippen LogP contribution in [0.4, 0.5) is 0 Å². The van der Waals surface area contributed by atoms with Crippen LogP contribution in [0.15, 0.2) is 24.3 Å². The van der Waals surface area contributed by atoms with Gasteiger partial charge in [0.05, 0.1) is 14.7 Å². The van der Waals surface area contributed by atoms with Crippen LogP contribution < -0.4 is 10.5 Å². The first-order valence-electron chi connectivity index (χ1n) is 7.16. The first-order valence-corrected chi connectivity index (χ1v) is 10.7. The van der Waals surface area contributed by atoms with E-state index in [4.69, 9.17) is 4.74 Å². The van der Waals surface area contributed by atoms with E-state index >= 15 is 0 Å². The van der Waals surface area contributed by atoms with Crippen LogP contribution in [0.25, 0.3) is 0 Å². The monoisotopic (exact) mass is 279 g/mol. The fraction of sp³-hybridized carbons (Fsp3) is 0.625. The van der Waals surface area contributed by atoms with Gasteiger partial charge in [0.15, 0.2) is 0 Å². The molecule has 1 atom stereocenters. The van der Waals surface area contributed by atoms with Crippen LogP contribution in [0.2, 0.25) is 19.6 Å². The predicted octanol–water partition coefficient (Wildman–Crippen LogP) is 2.99. The molecule has 19 heavy (non-hydrogen) atoms. The zero-order valence-electron chi connectivity index (χ0n) is 13.3. The quantitative estimate of drug-likeness (QED) is 0.775. The lowest BCUT2D eigenvalue weighted by atomic mass is 10.1. The molecule has 3 heteroatoms. The molecule has 1 N–H and O–H groups in total. The lowest BCUT2D eigenvalue weighted by Gasteiger charge is -2.22. The summed E-state index contributed by atoms with van der Waals surface area (Å²) in [6, 6.07) is 9.52. The first-order chi connectivity index (χ1) is 8.84. The number of nitrogens with one attached hydrogen (secondary N) is 1. The van der Waals surface area contributed by atoms with Crippen molar-refractivity contribution >= 4 is 13.3 Å². The Balaban J connectivity index is 2.58. The van der Waals surface area contributed by atoms with Crippen molar-refractivity contribution < 1.29 is 4.74 Å². The van der Waals surface area contributed by atoms with Gasteiger partial charge in [-0.2, -0.15) is 0 Å². The van der Waals surface area contributed by atoms with Crippen molar-refractivity contribution in [3.8, 4) is 0 Å². The Bertz CT molecular complexity index is 367. The molecule has 1 aromatic rings. The number of hydrogen-bond donors (Lipinski definition) is 1. The van der Waals surface area contributed by atoms with Gasteiger partial charge >= 0.3 is 0 Å². The summed E-state index contributed by atoms with van der Waals surface area (Å²) in [4.78, 5) is 0. The molecular formula is C16H29NOSi. The Labute approximate surface area is 119 Å². The van der Waals surface area contributed by atoms with Crippen molar-refractivity contribution in [2.45, 2.75) is 46.1 Å². The highest BCUT2D eigenvalue weighted by Gasteiger charge is 2.16. The van der Waals surface area contributed by atoms with Crippen LogP contribution >= 0.6 is 0 Å². The molecule has 0 aliphatic rings. The van der Waals surface area contributed by atoms with Crippen LogP contribution in [-0.4, -0.2) is 27.8 Å². The fourth-order valence-corrected chi connectivity index (χ4v) is 3.20. The molecule has 0 radical (unpaired) electrons. The second kappa shape index (κ2) is 7.22. The Morgan fingerprint density at radius 3 is 2.11 bits per heavy atom. The zero-order chi connectivity index (χ0) is 14.5. The number of hydrogen-bond acceptors (Lipinski definition) is 2. The zero-order valence-corrected chi connectivity index (χ0v) is 14.3. The number of benzene rings is 1. The van der Waals surface area contributed by atoms with E-state index in [1.165, 1.54) is 10.8 Å². The smallest absolute Gasteiger partial charge is 0.0775 e. The molecule has 0 amide bonds. The van der Waals surface area contributed by atoms with Gasteiger partial charge in [0.25, 0.3) is 0 Å². The Morgan fingerprint density at radius 1 is 1.11 bits per heavy atom. The normalized spacial score (nSPS) is 13.8. The van der Waals surface area contributed by atoms with Crippen LogP contribution in [0.3, 0.4) is 0 Å². The van der Waals surface area contributed by atoms with Crippen molar-refractivity contribution in [3.63, 3.8) is 0 Å². The summed E-state index contributed by atoms with van der Waals surface area (Å²) in [5, 5.41) is 5.10. The number of rotatable bonds is 7. The van der Waals surface area contributed by atoms with Crippen molar-refractivity contribution in [3.05, 3.63) is 29.8 Å². The molecule has 2 nitrogen and oxygen atoms in total. The molecule has 1 rings (SSSR count). The van der Waals surface area contributed by atoms with Crippen LogP contribution in [-0.2, 0) is 11.3 Å². The highest BCUT2D eigenvalue weighted by molar-refractivity contribution is 6.88. The van der Waals surface area contributed by atoms with Gasteiger partial charge in [-0.25, -0.2) is 0 Å². The van der Waals surface area contributed by atoms with E-state index in [9.17, 15) is 0 Å². The third-order valence-corrected chi connectivity index (χ3v) is 5.60. The van der Waals surface area contributed by atoms with Crippen LogP contribution in [0.1, 0.15) is 19.4 Å². The summed E-state index contributed by atoms with van der Waals surface area (Å²) in [6.07, 6.45) is 0. The van der Waals surface area contributed by atoms with Crippen LogP contribution in [0.5, 0.6) is 0 Å². The van der Waals surface area contributed by atoms with Gasteiger partial charge < -0.3 is 10.1 Å². The molecule has 0 saturated heterocycles. The minimum Gasteiger partial charge on any atom is -0.383 e. The van der Waals surface area contributed by atoms with Gasteiger partial charge in [-0.15, -0.1) is 0 Å². The fourth-order valence-electron chi connectivity index (χ4n) is 2.04. The highest BCUT2D eigenvalue weighted by Crippen LogP contribution is 2.07. The summed E-state index contributed by atoms with van der Waals surface area (Å²) in [5.74, 6) is 0.584. The Hall–Kier alpha value is -0.643. The lowest BCUT2D eigenvalue weighted by Crippen LogP contribution is -2.38. The summed E-state index contributed by atoms with van der Waals surface area (Å²) < 4.78 is 5.26. The number of ether oxygens (including phenoxy) is 1. The summed E-state index contributed by atoms with van der Waals surface area (Å²) >= 11 is 0. The molecule has 0 saturated carbocycles. The van der Waals surface area contributed by atoms with E-state index in [1.54, 1.807) is 7.11 Å². The second-order valence-corrected chi connectivity index (χ2v) is 11.7. The molecular weight excluding hydrogens is 250 g/mol. The van der Waals surface area contributed by atoms with E-state index in [2.05, 4.69) is 63.1 Å². The SMILES string of the molecule is COCC(NCc1ccc([Si](C)(C)C)cc1)C(C)C. The molecule has 0 spiro atoms. The highest BCUT2D eigenvalue weighted by atomic mass is 28.3. The largest absolute Gasteiger partial charge is 0.383 e. The summed E-state index contributed by atoms with van der Waals surface area (Å²) in [7, 11) is 0.592. The lowest BCUT2D eigenvalue weighted by molar-refractivity contribution is 0.146. The molecule has 0 aromatic heterocycles. The molecule has 0 aliphatic heterocycles. The average molecular weight is 280 g/mol. The Morgan fingerprint density at radius 2 is 1.68 bits per heavy atom. The van der Waals surface area contributed by atoms with Gasteiger partial charge in [0, 0.05) is 19.7 Å². The summed E-state index contributed by atoms with van der Waals surface area (Å²) in [6.45, 7) is 13.3. The average Bonchev–Trinajstić information content (AvgIpc) is 2.33. The van der Waals surface area contributed by atoms with Gasteiger partial charge in [-0.05, 0) is 11.5 Å². The first kappa shape index (κ1) is 16.4. The van der Waals surface area contributed by atoms with E-state index < -0.39 is 8.07 Å². The third kappa shape index (κ3) is 5.47. The molecule has 0 aliphatic carbocycles. The third-order valence-electron chi connectivity index (χ3n) is 3.54. The molecule has 0 heterocycles. The van der Waals surface area contributed by atoms with Crippen molar-refractivity contribution in [1.29, 1.82) is 0 Å². The van der Waals surface area contributed by atoms with Gasteiger partial charge in [0.2, 0.25) is 0 Å². The van der Waals surface area contributed by atoms with Crippen molar-refractivity contribution in [2.24, 2.45) is 5.92 Å². The topological polar surface area (TPSA) is 21.3 Å². The van der Waals surface area contributed by atoms with Crippen molar-refractivity contribution in [2.75, 3.05) is 13.7 Å². The maximum absolute atomic E-state index is 5.26. The van der Waals surface area contributed by atoms with Gasteiger partial charge in [-0.3, -0.25) is 0 Å². The maximum Gasteiger partial charge on any atom is 0.0775 e. The molecule has 108 valence electrons. The predicted molar refractivity (Wildman–Crippen MR) is 86.8 cm³/mol. The molecule has 1 aromatic carbocycles. The molecule has 0 fully saturated rings. The molecule has 1 unspecified atom stereocenters. The van der Waals surface area contributed by atoms with E-state index in [1.807, 2.05) is 0 Å².